The van der Waals surface area contributed by atoms with E-state index in [1.165, 1.54) is 24.3 Å². The van der Waals surface area contributed by atoms with Crippen LogP contribution in [0.15, 0.2) is 53.4 Å². The molecule has 0 aromatic heterocycles. The molecule has 0 unspecified atom stereocenters. The smallest absolute Gasteiger partial charge is 0.351 e. The van der Waals surface area contributed by atoms with Gasteiger partial charge in [0, 0.05) is 12.1 Å². The molecule has 0 spiro atoms. The molecule has 2 amide bonds. The average molecular weight is 500 g/mol. The van der Waals surface area contributed by atoms with Gasteiger partial charge >= 0.3 is 6.18 Å². The first-order valence-electron chi connectivity index (χ1n) is 10.4. The zero-order chi connectivity index (χ0) is 25.7. The number of sulfonamides is 1. The van der Waals surface area contributed by atoms with Gasteiger partial charge in [0.05, 0.1) is 16.9 Å². The number of nitrogens with one attached hydrogen (secondary N) is 3. The maximum absolute atomic E-state index is 12.9. The highest BCUT2D eigenvalue weighted by molar-refractivity contribution is 7.89. The van der Waals surface area contributed by atoms with Crippen molar-refractivity contribution in [2.24, 2.45) is 0 Å². The molecule has 0 radical (unpaired) electrons. The zero-order valence-electron chi connectivity index (χ0n) is 19.3. The number of aryl methyl sites for hydroxylation is 1. The van der Waals surface area contributed by atoms with Crippen molar-refractivity contribution < 1.29 is 31.2 Å². The quantitative estimate of drug-likeness (QED) is 0.519. The molecular weight excluding hydrogens is 471 g/mol. The highest BCUT2D eigenvalue weighted by Crippen LogP contribution is 2.29. The SMILES string of the molecule is Cc1ccc(S(=O)(=O)N[C@@H](CC(=O)NC(C)(C)C)C(=O)NCc2cccc(C(F)(F)F)c2)cc1. The van der Waals surface area contributed by atoms with Crippen molar-refractivity contribution in [1.29, 1.82) is 0 Å². The summed E-state index contributed by atoms with van der Waals surface area (Å²) in [5.74, 6) is -1.42. The van der Waals surface area contributed by atoms with Crippen molar-refractivity contribution in [1.82, 2.24) is 15.4 Å². The third-order valence-electron chi connectivity index (χ3n) is 4.57. The lowest BCUT2D eigenvalue weighted by Crippen LogP contribution is -2.50. The third kappa shape index (κ3) is 8.45. The van der Waals surface area contributed by atoms with Gasteiger partial charge in [0.25, 0.3) is 0 Å². The second-order valence-corrected chi connectivity index (χ2v) is 10.6. The van der Waals surface area contributed by atoms with Gasteiger partial charge in [0.1, 0.15) is 6.04 Å². The number of rotatable bonds is 8. The Labute approximate surface area is 197 Å². The number of carbonyl (C=O) groups is 2. The van der Waals surface area contributed by atoms with Gasteiger partial charge in [-0.15, -0.1) is 0 Å². The van der Waals surface area contributed by atoms with Gasteiger partial charge in [0.15, 0.2) is 0 Å². The summed E-state index contributed by atoms with van der Waals surface area (Å²) in [5.41, 5.74) is -0.492. The molecule has 2 aromatic carbocycles. The minimum absolute atomic E-state index is 0.0926. The summed E-state index contributed by atoms with van der Waals surface area (Å²) >= 11 is 0. The van der Waals surface area contributed by atoms with E-state index in [1.54, 1.807) is 39.8 Å². The molecule has 0 fully saturated rings. The summed E-state index contributed by atoms with van der Waals surface area (Å²) < 4.78 is 66.7. The zero-order valence-corrected chi connectivity index (χ0v) is 20.1. The molecule has 0 aliphatic carbocycles. The molecule has 1 atom stereocenters. The Bertz CT molecular complexity index is 1130. The number of alkyl halides is 3. The Kier molecular flexibility index (Phi) is 8.49. The molecule has 2 aromatic rings. The summed E-state index contributed by atoms with van der Waals surface area (Å²) in [6.45, 7) is 6.68. The molecular formula is C23H28F3N3O4S. The molecule has 0 heterocycles. The standard InChI is InChI=1S/C23H28F3N3O4S/c1-15-8-10-18(11-9-15)34(32,33)29-19(13-20(30)28-22(2,3)4)21(31)27-14-16-6-5-7-17(12-16)23(24,25)26/h5-12,19,29H,13-14H2,1-4H3,(H,27,31)(H,28,30)/t19-/m0/s1. The topological polar surface area (TPSA) is 104 Å². The van der Waals surface area contributed by atoms with Crippen molar-refractivity contribution in [2.45, 2.75) is 63.3 Å². The van der Waals surface area contributed by atoms with E-state index in [0.29, 0.717) is 0 Å². The van der Waals surface area contributed by atoms with Gasteiger partial charge in [-0.25, -0.2) is 8.42 Å². The maximum Gasteiger partial charge on any atom is 0.416 e. The molecule has 0 saturated carbocycles. The van der Waals surface area contributed by atoms with E-state index >= 15 is 0 Å². The normalized spacial score (nSPS) is 13.3. The van der Waals surface area contributed by atoms with Crippen LogP contribution in [0.2, 0.25) is 0 Å². The fraction of sp³-hybridized carbons (Fsp3) is 0.391. The van der Waals surface area contributed by atoms with Crippen molar-refractivity contribution in [3.63, 3.8) is 0 Å². The largest absolute Gasteiger partial charge is 0.416 e. The molecule has 11 heteroatoms. The third-order valence-corrected chi connectivity index (χ3v) is 6.06. The van der Waals surface area contributed by atoms with Crippen LogP contribution in [0.3, 0.4) is 0 Å². The van der Waals surface area contributed by atoms with E-state index in [9.17, 15) is 31.2 Å². The van der Waals surface area contributed by atoms with Gasteiger partial charge in [-0.05, 0) is 57.5 Å². The van der Waals surface area contributed by atoms with E-state index in [-0.39, 0.29) is 17.0 Å². The monoisotopic (exact) mass is 499 g/mol. The number of hydrogen-bond acceptors (Lipinski definition) is 4. The van der Waals surface area contributed by atoms with Crippen molar-refractivity contribution in [3.8, 4) is 0 Å². The molecule has 0 aliphatic rings. The maximum atomic E-state index is 12.9. The van der Waals surface area contributed by atoms with Crippen LogP contribution >= 0.6 is 0 Å². The van der Waals surface area contributed by atoms with Crippen molar-refractivity contribution in [3.05, 3.63) is 65.2 Å². The van der Waals surface area contributed by atoms with Crippen molar-refractivity contribution >= 4 is 21.8 Å². The number of benzene rings is 2. The lowest BCUT2D eigenvalue weighted by molar-refractivity contribution is -0.137. The fourth-order valence-corrected chi connectivity index (χ4v) is 4.18. The summed E-state index contributed by atoms with van der Waals surface area (Å²) in [7, 11) is -4.16. The summed E-state index contributed by atoms with van der Waals surface area (Å²) in [4.78, 5) is 25.1. The minimum atomic E-state index is -4.54. The first-order chi connectivity index (χ1) is 15.6. The fourth-order valence-electron chi connectivity index (χ4n) is 2.99. The van der Waals surface area contributed by atoms with Gasteiger partial charge in [-0.3, -0.25) is 9.59 Å². The van der Waals surface area contributed by atoms with Crippen LogP contribution in [-0.4, -0.2) is 31.8 Å². The Balaban J connectivity index is 2.21. The molecule has 0 bridgehead atoms. The van der Waals surface area contributed by atoms with E-state index in [2.05, 4.69) is 15.4 Å². The minimum Gasteiger partial charge on any atom is -0.351 e. The molecule has 0 saturated heterocycles. The van der Waals surface area contributed by atoms with Crippen LogP contribution < -0.4 is 15.4 Å². The predicted molar refractivity (Wildman–Crippen MR) is 121 cm³/mol. The van der Waals surface area contributed by atoms with Crippen LogP contribution in [0.25, 0.3) is 0 Å². The average Bonchev–Trinajstić information content (AvgIpc) is 2.70. The molecule has 186 valence electrons. The first-order valence-corrected chi connectivity index (χ1v) is 11.9. The van der Waals surface area contributed by atoms with E-state index < -0.39 is 51.6 Å². The highest BCUT2D eigenvalue weighted by atomic mass is 32.2. The predicted octanol–water partition coefficient (Wildman–Crippen LogP) is 3.28. The summed E-state index contributed by atoms with van der Waals surface area (Å²) in [5, 5.41) is 5.07. The second-order valence-electron chi connectivity index (χ2n) is 8.91. The van der Waals surface area contributed by atoms with Gasteiger partial charge < -0.3 is 10.6 Å². The highest BCUT2D eigenvalue weighted by Gasteiger charge is 2.31. The van der Waals surface area contributed by atoms with Crippen LogP contribution in [0.5, 0.6) is 0 Å². The first kappa shape index (κ1) is 27.3. The lowest BCUT2D eigenvalue weighted by Gasteiger charge is -2.23. The van der Waals surface area contributed by atoms with Crippen molar-refractivity contribution in [2.75, 3.05) is 0 Å². The molecule has 7 nitrogen and oxygen atoms in total. The van der Waals surface area contributed by atoms with Crippen LogP contribution in [-0.2, 0) is 32.3 Å². The Morgan fingerprint density at radius 2 is 1.62 bits per heavy atom. The van der Waals surface area contributed by atoms with E-state index in [4.69, 9.17) is 0 Å². The molecule has 2 rings (SSSR count). The van der Waals surface area contributed by atoms with E-state index in [0.717, 1.165) is 17.7 Å². The molecule has 34 heavy (non-hydrogen) atoms. The molecule has 0 aliphatic heterocycles. The van der Waals surface area contributed by atoms with Gasteiger partial charge in [0.2, 0.25) is 21.8 Å². The Morgan fingerprint density at radius 1 is 1.00 bits per heavy atom. The Morgan fingerprint density at radius 3 is 2.18 bits per heavy atom. The van der Waals surface area contributed by atoms with E-state index in [1.807, 2.05) is 0 Å². The van der Waals surface area contributed by atoms with Gasteiger partial charge in [-0.2, -0.15) is 17.9 Å². The summed E-state index contributed by atoms with van der Waals surface area (Å²) in [6.07, 6.45) is -5.05. The lowest BCUT2D eigenvalue weighted by atomic mass is 10.1. The number of hydrogen-bond donors (Lipinski definition) is 3. The van der Waals surface area contributed by atoms with Gasteiger partial charge in [-0.1, -0.05) is 29.8 Å². The van der Waals surface area contributed by atoms with Crippen LogP contribution in [0.1, 0.15) is 43.9 Å². The molecule has 3 N–H and O–H groups in total. The number of halogens is 3. The van der Waals surface area contributed by atoms with Crippen LogP contribution in [0.4, 0.5) is 13.2 Å². The summed E-state index contributed by atoms with van der Waals surface area (Å²) in [6, 6.07) is 8.81. The number of amides is 2. The van der Waals surface area contributed by atoms with Crippen LogP contribution in [0, 0.1) is 6.92 Å². The second kappa shape index (κ2) is 10.6. The number of carbonyl (C=O) groups excluding carboxylic acids is 2. The Hall–Kier alpha value is -2.92.